The van der Waals surface area contributed by atoms with E-state index in [0.717, 1.165) is 12.4 Å². The van der Waals surface area contributed by atoms with Crippen LogP contribution in [0.1, 0.15) is 12.7 Å². The molecule has 0 saturated heterocycles. The van der Waals surface area contributed by atoms with Gasteiger partial charge in [0.15, 0.2) is 10.1 Å². The highest BCUT2D eigenvalue weighted by Gasteiger charge is 2.36. The lowest BCUT2D eigenvalue weighted by Crippen LogP contribution is -2.32. The predicted molar refractivity (Wildman–Crippen MR) is 52.5 cm³/mol. The number of H-pyrrole nitrogens is 1. The lowest BCUT2D eigenvalue weighted by Gasteiger charge is -2.08. The van der Waals surface area contributed by atoms with Gasteiger partial charge in [-0.3, -0.25) is 0 Å². The summed E-state index contributed by atoms with van der Waals surface area (Å²) in [5.74, 6) is 1.07. The van der Waals surface area contributed by atoms with E-state index < -0.39 is 15.6 Å². The number of nitrogens with zero attached hydrogens (tertiary/aromatic N) is 1. The Morgan fingerprint density at radius 1 is 1.59 bits per heavy atom. The van der Waals surface area contributed by atoms with Gasteiger partial charge in [0.2, 0.25) is 0 Å². The highest BCUT2D eigenvalue weighted by Crippen LogP contribution is 2.20. The number of aromatic nitrogens is 2. The molecule has 0 aliphatic rings. The first kappa shape index (κ1) is 15.7. The quantitative estimate of drug-likeness (QED) is 0.496. The van der Waals surface area contributed by atoms with E-state index in [1.54, 1.807) is 0 Å². The third kappa shape index (κ3) is 5.00. The smallest absolute Gasteiger partial charge is 0.485 e. The Bertz CT molecular complexity index is 465. The number of alkyl halides is 3. The number of hydrogen-bond donors (Lipinski definition) is 1. The average molecular weight is 272 g/mol. The molecule has 0 unspecified atom stereocenters. The maximum absolute atomic E-state index is 10.7. The van der Waals surface area contributed by atoms with E-state index in [9.17, 15) is 13.2 Å². The summed E-state index contributed by atoms with van der Waals surface area (Å²) in [6.07, 6.45) is 5.71. The topological polar surface area (TPSA) is 76.9 Å². The molecule has 0 aliphatic heterocycles. The molecule has 5 nitrogen and oxygen atoms in total. The molecule has 1 aromatic rings. The van der Waals surface area contributed by atoms with Crippen molar-refractivity contribution in [3.05, 3.63) is 24.8 Å². The normalized spacial score (nSPS) is 11.6. The molecule has 1 rings (SSSR count). The largest absolute Gasteiger partial charge is 0.741 e. The molecule has 0 radical (unpaired) electrons. The SMILES string of the molecule is C=Cc1[nH]cc[n+]1CC.O=S(=O)([O-])C(F)(F)F. The summed E-state index contributed by atoms with van der Waals surface area (Å²) in [4.78, 5) is 3.05. The second kappa shape index (κ2) is 5.82. The summed E-state index contributed by atoms with van der Waals surface area (Å²) < 4.78 is 61.0. The Morgan fingerprint density at radius 2 is 2.06 bits per heavy atom. The van der Waals surface area contributed by atoms with Crippen LogP contribution < -0.4 is 4.57 Å². The molecule has 0 fully saturated rings. The molecule has 0 bridgehead atoms. The van der Waals surface area contributed by atoms with Crippen LogP contribution in [0.3, 0.4) is 0 Å². The first-order chi connectivity index (χ1) is 7.63. The average Bonchev–Trinajstić information content (AvgIpc) is 2.62. The molecule has 1 heterocycles. The third-order valence-corrected chi connectivity index (χ3v) is 2.18. The fourth-order valence-electron chi connectivity index (χ4n) is 0.828. The summed E-state index contributed by atoms with van der Waals surface area (Å²) in [7, 11) is -6.09. The van der Waals surface area contributed by atoms with E-state index in [4.69, 9.17) is 13.0 Å². The number of hydrogen-bond acceptors (Lipinski definition) is 3. The molecule has 0 saturated carbocycles. The van der Waals surface area contributed by atoms with Gasteiger partial charge in [-0.25, -0.2) is 18.0 Å². The van der Waals surface area contributed by atoms with Crippen LogP contribution >= 0.6 is 0 Å². The minimum Gasteiger partial charge on any atom is -0.741 e. The molecule has 0 atom stereocenters. The van der Waals surface area contributed by atoms with Crippen molar-refractivity contribution in [3.8, 4) is 0 Å². The van der Waals surface area contributed by atoms with E-state index in [2.05, 4.69) is 23.1 Å². The zero-order chi connectivity index (χ0) is 13.7. The fourth-order valence-corrected chi connectivity index (χ4v) is 0.828. The van der Waals surface area contributed by atoms with Crippen LogP contribution in [-0.2, 0) is 16.7 Å². The zero-order valence-electron chi connectivity index (χ0n) is 8.86. The van der Waals surface area contributed by atoms with Gasteiger partial charge in [0, 0.05) is 6.08 Å². The van der Waals surface area contributed by atoms with Crippen molar-refractivity contribution in [2.75, 3.05) is 0 Å². The number of rotatable bonds is 2. The van der Waals surface area contributed by atoms with Gasteiger partial charge in [-0.05, 0) is 6.92 Å². The first-order valence-electron chi connectivity index (χ1n) is 4.35. The second-order valence-electron chi connectivity index (χ2n) is 2.74. The Balaban J connectivity index is 0.000000304. The minimum atomic E-state index is -6.09. The van der Waals surface area contributed by atoms with Crippen LogP contribution in [0.5, 0.6) is 0 Å². The highest BCUT2D eigenvalue weighted by atomic mass is 32.2. The lowest BCUT2D eigenvalue weighted by molar-refractivity contribution is -0.693. The third-order valence-electron chi connectivity index (χ3n) is 1.61. The molecule has 9 heteroatoms. The summed E-state index contributed by atoms with van der Waals surface area (Å²) in [5, 5.41) is 0. The van der Waals surface area contributed by atoms with Gasteiger partial charge in [0.05, 0.1) is 6.54 Å². The standard InChI is InChI=1S/C7H10N2.CHF3O3S/c1-3-7-8-5-6-9(7)4-2;2-1(3,4)8(5,6)7/h3,5-6H,1,4H2,2H3;(H,5,6,7). The van der Waals surface area contributed by atoms with E-state index >= 15 is 0 Å². The molecule has 1 N–H and O–H groups in total. The molecule has 17 heavy (non-hydrogen) atoms. The second-order valence-corrected chi connectivity index (χ2v) is 4.11. The zero-order valence-corrected chi connectivity index (χ0v) is 9.68. The number of nitrogens with one attached hydrogen (secondary N) is 1. The van der Waals surface area contributed by atoms with Crippen LogP contribution in [-0.4, -0.2) is 23.5 Å². The van der Waals surface area contributed by atoms with E-state index in [1.165, 1.54) is 0 Å². The molecule has 0 amide bonds. The van der Waals surface area contributed by atoms with Gasteiger partial charge in [-0.1, -0.05) is 6.58 Å². The molecule has 0 spiro atoms. The van der Waals surface area contributed by atoms with E-state index in [-0.39, 0.29) is 0 Å². The van der Waals surface area contributed by atoms with E-state index in [0.29, 0.717) is 0 Å². The Morgan fingerprint density at radius 3 is 2.29 bits per heavy atom. The monoisotopic (exact) mass is 272 g/mol. The Hall–Kier alpha value is -1.35. The number of imidazole rings is 1. The first-order valence-corrected chi connectivity index (χ1v) is 5.75. The predicted octanol–water partition coefficient (Wildman–Crippen LogP) is 1.02. The lowest BCUT2D eigenvalue weighted by atomic mass is 10.5. The van der Waals surface area contributed by atoms with Crippen molar-refractivity contribution in [1.29, 1.82) is 0 Å². The van der Waals surface area contributed by atoms with Gasteiger partial charge in [-0.2, -0.15) is 13.2 Å². The highest BCUT2D eigenvalue weighted by molar-refractivity contribution is 7.86. The fraction of sp³-hybridized carbons (Fsp3) is 0.375. The molecule has 0 aromatic carbocycles. The van der Waals surface area contributed by atoms with Crippen molar-refractivity contribution in [3.63, 3.8) is 0 Å². The molecule has 1 aromatic heterocycles. The van der Waals surface area contributed by atoms with Crippen LogP contribution in [0.2, 0.25) is 0 Å². The van der Waals surface area contributed by atoms with Gasteiger partial charge in [0.1, 0.15) is 12.4 Å². The van der Waals surface area contributed by atoms with Crippen LogP contribution in [0, 0.1) is 0 Å². The Labute approximate surface area is 96.3 Å². The van der Waals surface area contributed by atoms with Gasteiger partial charge in [0.25, 0.3) is 5.82 Å². The van der Waals surface area contributed by atoms with Gasteiger partial charge >= 0.3 is 5.51 Å². The maximum Gasteiger partial charge on any atom is 0.485 e. The van der Waals surface area contributed by atoms with Crippen LogP contribution in [0.25, 0.3) is 6.08 Å². The summed E-state index contributed by atoms with van der Waals surface area (Å²) in [6, 6.07) is 0. The van der Waals surface area contributed by atoms with E-state index in [1.807, 2.05) is 18.5 Å². The van der Waals surface area contributed by atoms with Crippen molar-refractivity contribution in [2.45, 2.75) is 19.0 Å². The van der Waals surface area contributed by atoms with Crippen molar-refractivity contribution < 1.29 is 30.7 Å². The van der Waals surface area contributed by atoms with Crippen molar-refractivity contribution in [2.24, 2.45) is 0 Å². The number of halogens is 3. The molecular formula is C8H11F3N2O3S. The van der Waals surface area contributed by atoms with Crippen LogP contribution in [0.15, 0.2) is 19.0 Å². The van der Waals surface area contributed by atoms with Crippen LogP contribution in [0.4, 0.5) is 13.2 Å². The van der Waals surface area contributed by atoms with Gasteiger partial charge < -0.3 is 4.55 Å². The van der Waals surface area contributed by atoms with Gasteiger partial charge in [-0.15, -0.1) is 0 Å². The maximum atomic E-state index is 10.7. The minimum absolute atomic E-state index is 0.991. The molecular weight excluding hydrogens is 261 g/mol. The molecule has 98 valence electrons. The van der Waals surface area contributed by atoms with Crippen molar-refractivity contribution >= 4 is 16.2 Å². The Kier molecular flexibility index (Phi) is 5.36. The summed E-state index contributed by atoms with van der Waals surface area (Å²) in [6.45, 7) is 6.75. The summed E-state index contributed by atoms with van der Waals surface area (Å²) in [5.41, 5.74) is -5.65. The number of aryl methyl sites for hydroxylation is 1. The number of aromatic amines is 1. The van der Waals surface area contributed by atoms with Crippen molar-refractivity contribution in [1.82, 2.24) is 4.98 Å². The summed E-state index contributed by atoms with van der Waals surface area (Å²) >= 11 is 0. The molecule has 0 aliphatic carbocycles.